The van der Waals surface area contributed by atoms with Crippen molar-refractivity contribution in [2.45, 2.75) is 50.6 Å². The highest BCUT2D eigenvalue weighted by Gasteiger charge is 2.30. The number of nitrogens with one attached hydrogen (secondary N) is 2. The van der Waals surface area contributed by atoms with Gasteiger partial charge in [-0.1, -0.05) is 36.4 Å². The molecule has 6 nitrogen and oxygen atoms in total. The topological polar surface area (TPSA) is 84.5 Å². The third-order valence-corrected chi connectivity index (χ3v) is 5.50. The Morgan fingerprint density at radius 1 is 1.11 bits per heavy atom. The lowest BCUT2D eigenvalue weighted by molar-refractivity contribution is -0.124. The first-order chi connectivity index (χ1) is 13.0. The Kier molecular flexibility index (Phi) is 6.85. The van der Waals surface area contributed by atoms with Crippen LogP contribution in [0.1, 0.15) is 31.9 Å². The van der Waals surface area contributed by atoms with E-state index < -0.39 is 21.6 Å². The fourth-order valence-electron chi connectivity index (χ4n) is 2.74. The first kappa shape index (κ1) is 21.9. The number of carbonyl (C=O) groups excluding carboxylic acids is 1. The summed E-state index contributed by atoms with van der Waals surface area (Å²) < 4.78 is 33.9. The second kappa shape index (κ2) is 8.75. The van der Waals surface area contributed by atoms with Crippen molar-refractivity contribution in [2.24, 2.45) is 0 Å². The van der Waals surface area contributed by atoms with Crippen LogP contribution in [0, 0.1) is 6.92 Å². The molecule has 0 saturated heterocycles. The van der Waals surface area contributed by atoms with Crippen molar-refractivity contribution in [3.05, 3.63) is 59.7 Å². The Morgan fingerprint density at radius 3 is 2.32 bits per heavy atom. The van der Waals surface area contributed by atoms with Gasteiger partial charge in [-0.3, -0.25) is 4.79 Å². The van der Waals surface area contributed by atoms with Gasteiger partial charge in [-0.05, 0) is 57.4 Å². The molecular weight excluding hydrogens is 376 g/mol. The van der Waals surface area contributed by atoms with Crippen molar-refractivity contribution in [3.8, 4) is 5.75 Å². The number of methoxy groups -OCH3 is 1. The fraction of sp³-hybridized carbons (Fsp3) is 0.381. The van der Waals surface area contributed by atoms with Crippen molar-refractivity contribution < 1.29 is 17.9 Å². The van der Waals surface area contributed by atoms with E-state index in [2.05, 4.69) is 10.0 Å². The predicted molar refractivity (Wildman–Crippen MR) is 110 cm³/mol. The number of amides is 1. The van der Waals surface area contributed by atoms with Crippen molar-refractivity contribution in [1.82, 2.24) is 10.0 Å². The van der Waals surface area contributed by atoms with E-state index in [1.54, 1.807) is 19.1 Å². The minimum absolute atomic E-state index is 0.0108. The van der Waals surface area contributed by atoms with Gasteiger partial charge < -0.3 is 10.1 Å². The molecule has 1 amide bonds. The Bertz CT molecular complexity index is 919. The molecule has 0 spiro atoms. The molecule has 0 aliphatic heterocycles. The van der Waals surface area contributed by atoms with Crippen LogP contribution in [0.2, 0.25) is 0 Å². The average molecular weight is 405 g/mol. The molecule has 1 atom stereocenters. The van der Waals surface area contributed by atoms with Crippen molar-refractivity contribution >= 4 is 15.9 Å². The summed E-state index contributed by atoms with van der Waals surface area (Å²) >= 11 is 0. The van der Waals surface area contributed by atoms with Gasteiger partial charge in [0.15, 0.2) is 0 Å². The molecule has 0 aromatic heterocycles. The van der Waals surface area contributed by atoms with E-state index in [0.29, 0.717) is 0 Å². The Hall–Kier alpha value is -2.38. The van der Waals surface area contributed by atoms with E-state index >= 15 is 0 Å². The zero-order chi connectivity index (χ0) is 20.9. The highest BCUT2D eigenvalue weighted by Crippen LogP contribution is 2.25. The first-order valence-corrected chi connectivity index (χ1v) is 10.5. The van der Waals surface area contributed by atoms with Gasteiger partial charge in [0.2, 0.25) is 15.9 Å². The van der Waals surface area contributed by atoms with Gasteiger partial charge in [0.25, 0.3) is 0 Å². The van der Waals surface area contributed by atoms with E-state index in [0.717, 1.165) is 11.1 Å². The summed E-state index contributed by atoms with van der Waals surface area (Å²) in [5, 5.41) is 2.86. The maximum Gasteiger partial charge on any atom is 0.244 e. The number of hydrogen-bond donors (Lipinski definition) is 2. The van der Waals surface area contributed by atoms with Crippen LogP contribution in [-0.2, 0) is 21.2 Å². The van der Waals surface area contributed by atoms with Crippen LogP contribution in [0.15, 0.2) is 53.4 Å². The van der Waals surface area contributed by atoms with Gasteiger partial charge in [-0.2, -0.15) is 4.72 Å². The highest BCUT2D eigenvalue weighted by atomic mass is 32.2. The standard InChI is InChI=1S/C21H28N2O4S/c1-15-11-12-18(27-5)19(13-15)28(25,26)23-17(20(24)22-21(2,3)4)14-16-9-7-6-8-10-16/h6-13,17,23H,14H2,1-5H3,(H,22,24)/t17-/m1/s1. The molecule has 0 heterocycles. The number of benzene rings is 2. The molecule has 28 heavy (non-hydrogen) atoms. The highest BCUT2D eigenvalue weighted by molar-refractivity contribution is 7.89. The molecule has 2 aromatic carbocycles. The average Bonchev–Trinajstić information content (AvgIpc) is 2.60. The minimum Gasteiger partial charge on any atom is -0.495 e. The molecule has 2 aromatic rings. The quantitative estimate of drug-likeness (QED) is 0.743. The van der Waals surface area contributed by atoms with Crippen LogP contribution in [-0.4, -0.2) is 33.0 Å². The van der Waals surface area contributed by atoms with Crippen LogP contribution in [0.5, 0.6) is 5.75 Å². The van der Waals surface area contributed by atoms with Gasteiger partial charge in [-0.25, -0.2) is 8.42 Å². The summed E-state index contributed by atoms with van der Waals surface area (Å²) in [7, 11) is -2.57. The maximum absolute atomic E-state index is 13.1. The Morgan fingerprint density at radius 2 is 1.75 bits per heavy atom. The van der Waals surface area contributed by atoms with Gasteiger partial charge in [0.05, 0.1) is 7.11 Å². The van der Waals surface area contributed by atoms with Crippen LogP contribution in [0.3, 0.4) is 0 Å². The number of sulfonamides is 1. The molecule has 0 aliphatic rings. The number of hydrogen-bond acceptors (Lipinski definition) is 4. The fourth-order valence-corrected chi connectivity index (χ4v) is 4.19. The summed E-state index contributed by atoms with van der Waals surface area (Å²) in [6, 6.07) is 13.2. The number of carbonyl (C=O) groups is 1. The molecule has 2 rings (SSSR count). The predicted octanol–water partition coefficient (Wildman–Crippen LogP) is 2.81. The normalized spacial score (nSPS) is 13.0. The van der Waals surface area contributed by atoms with E-state index in [9.17, 15) is 13.2 Å². The summed E-state index contributed by atoms with van der Waals surface area (Å²) in [5.41, 5.74) is 1.15. The largest absolute Gasteiger partial charge is 0.495 e. The van der Waals surface area contributed by atoms with Crippen molar-refractivity contribution in [2.75, 3.05) is 7.11 Å². The van der Waals surface area contributed by atoms with Crippen LogP contribution >= 0.6 is 0 Å². The van der Waals surface area contributed by atoms with E-state index in [1.807, 2.05) is 51.1 Å². The minimum atomic E-state index is -3.98. The smallest absolute Gasteiger partial charge is 0.244 e. The van der Waals surface area contributed by atoms with Gasteiger partial charge in [0, 0.05) is 5.54 Å². The third kappa shape index (κ3) is 6.07. The van der Waals surface area contributed by atoms with Gasteiger partial charge >= 0.3 is 0 Å². The van der Waals surface area contributed by atoms with Crippen LogP contribution < -0.4 is 14.8 Å². The van der Waals surface area contributed by atoms with E-state index in [-0.39, 0.29) is 23.0 Å². The summed E-state index contributed by atoms with van der Waals surface area (Å²) in [5.74, 6) is -0.153. The van der Waals surface area contributed by atoms with Gasteiger partial charge in [0.1, 0.15) is 16.7 Å². The zero-order valence-electron chi connectivity index (χ0n) is 16.9. The first-order valence-electron chi connectivity index (χ1n) is 9.05. The molecule has 0 fully saturated rings. The lowest BCUT2D eigenvalue weighted by Gasteiger charge is -2.26. The maximum atomic E-state index is 13.1. The van der Waals surface area contributed by atoms with E-state index in [4.69, 9.17) is 4.74 Å². The molecule has 0 saturated carbocycles. The monoisotopic (exact) mass is 404 g/mol. The second-order valence-corrected chi connectivity index (χ2v) is 9.44. The van der Waals surface area contributed by atoms with Crippen molar-refractivity contribution in [3.63, 3.8) is 0 Å². The lowest BCUT2D eigenvalue weighted by atomic mass is 10.0. The number of rotatable bonds is 7. The molecule has 7 heteroatoms. The second-order valence-electron chi connectivity index (χ2n) is 7.76. The molecular formula is C21H28N2O4S. The number of aryl methyl sites for hydroxylation is 1. The SMILES string of the molecule is COc1ccc(C)cc1S(=O)(=O)N[C@H](Cc1ccccc1)C(=O)NC(C)(C)C. The molecule has 152 valence electrons. The van der Waals surface area contributed by atoms with Gasteiger partial charge in [-0.15, -0.1) is 0 Å². The number of ether oxygens (including phenoxy) is 1. The molecule has 0 radical (unpaired) electrons. The summed E-state index contributed by atoms with van der Waals surface area (Å²) in [6.07, 6.45) is 0.232. The molecule has 0 aliphatic carbocycles. The van der Waals surface area contributed by atoms with Crippen LogP contribution in [0.4, 0.5) is 0 Å². The Balaban J connectivity index is 2.37. The molecule has 0 bridgehead atoms. The summed E-state index contributed by atoms with van der Waals surface area (Å²) in [6.45, 7) is 7.35. The molecule has 2 N–H and O–H groups in total. The third-order valence-electron chi connectivity index (χ3n) is 4.00. The van der Waals surface area contributed by atoms with Crippen LogP contribution in [0.25, 0.3) is 0 Å². The Labute approximate surface area is 167 Å². The van der Waals surface area contributed by atoms with Crippen molar-refractivity contribution in [1.29, 1.82) is 0 Å². The molecule has 0 unspecified atom stereocenters. The summed E-state index contributed by atoms with van der Waals surface area (Å²) in [4.78, 5) is 12.8. The zero-order valence-corrected chi connectivity index (χ0v) is 17.8. The van der Waals surface area contributed by atoms with E-state index in [1.165, 1.54) is 13.2 Å². The lowest BCUT2D eigenvalue weighted by Crippen LogP contribution is -2.53.